The Balaban J connectivity index is 1.58. The van der Waals surface area contributed by atoms with Crippen LogP contribution < -0.4 is 5.32 Å². The highest BCUT2D eigenvalue weighted by Gasteiger charge is 2.23. The van der Waals surface area contributed by atoms with E-state index in [1.807, 2.05) is 18.3 Å². The lowest BCUT2D eigenvalue weighted by atomic mass is 10.1. The van der Waals surface area contributed by atoms with Crippen LogP contribution in [0.25, 0.3) is 21.8 Å². The molecule has 144 valence electrons. The lowest BCUT2D eigenvalue weighted by Gasteiger charge is -2.12. The average Bonchev–Trinajstić information content (AvgIpc) is 3.56. The van der Waals surface area contributed by atoms with Gasteiger partial charge in [0.05, 0.1) is 11.1 Å². The van der Waals surface area contributed by atoms with Gasteiger partial charge in [-0.05, 0) is 49.1 Å². The molecule has 0 bridgehead atoms. The number of anilines is 1. The molecule has 0 amide bonds. The summed E-state index contributed by atoms with van der Waals surface area (Å²) in [5, 5.41) is 14.5. The van der Waals surface area contributed by atoms with Gasteiger partial charge >= 0.3 is 5.97 Å². The molecule has 7 nitrogen and oxygen atoms in total. The average molecular weight is 385 g/mol. The Morgan fingerprint density at radius 2 is 1.90 bits per heavy atom. The molecule has 1 saturated carbocycles. The third-order valence-corrected chi connectivity index (χ3v) is 5.13. The Morgan fingerprint density at radius 1 is 1.07 bits per heavy atom. The van der Waals surface area contributed by atoms with Gasteiger partial charge in [0, 0.05) is 41.8 Å². The molecule has 0 saturated heterocycles. The maximum absolute atomic E-state index is 11.3. The molecule has 3 heterocycles. The summed E-state index contributed by atoms with van der Waals surface area (Å²) in [6, 6.07) is 9.38. The van der Waals surface area contributed by atoms with E-state index in [0.717, 1.165) is 47.8 Å². The normalized spacial score (nSPS) is 13.7. The number of carboxylic acid groups (broad SMARTS) is 1. The smallest absolute Gasteiger partial charge is 0.335 e. The molecule has 0 atom stereocenters. The van der Waals surface area contributed by atoms with Crippen LogP contribution in [-0.4, -0.2) is 37.1 Å². The van der Waals surface area contributed by atoms with Gasteiger partial charge in [0.1, 0.15) is 11.3 Å². The Hall–Kier alpha value is -3.61. The van der Waals surface area contributed by atoms with E-state index in [4.69, 9.17) is 9.97 Å². The number of carboxylic acids is 1. The number of hydrogen-bond acceptors (Lipinski definition) is 6. The molecule has 3 aromatic heterocycles. The van der Waals surface area contributed by atoms with Crippen LogP contribution in [0.5, 0.6) is 0 Å². The quantitative estimate of drug-likeness (QED) is 0.489. The van der Waals surface area contributed by atoms with Crippen molar-refractivity contribution in [3.05, 3.63) is 65.9 Å². The van der Waals surface area contributed by atoms with E-state index >= 15 is 0 Å². The van der Waals surface area contributed by atoms with Gasteiger partial charge in [0.2, 0.25) is 0 Å². The summed E-state index contributed by atoms with van der Waals surface area (Å²) in [5.74, 6) is 0.495. The molecule has 2 N–H and O–H groups in total. The van der Waals surface area contributed by atoms with Gasteiger partial charge in [-0.2, -0.15) is 0 Å². The number of pyridine rings is 2. The van der Waals surface area contributed by atoms with Gasteiger partial charge in [-0.15, -0.1) is 0 Å². The number of aryl methyl sites for hydroxylation is 2. The summed E-state index contributed by atoms with van der Waals surface area (Å²) >= 11 is 0. The molecule has 4 aromatic rings. The topological polar surface area (TPSA) is 101 Å². The Kier molecular flexibility index (Phi) is 4.27. The molecule has 1 aliphatic carbocycles. The lowest BCUT2D eigenvalue weighted by molar-refractivity contribution is 0.0697. The fourth-order valence-corrected chi connectivity index (χ4v) is 3.40. The molecular formula is C22H19N5O2. The van der Waals surface area contributed by atoms with Crippen molar-refractivity contribution >= 4 is 33.6 Å². The molecule has 1 fully saturated rings. The molecule has 0 radical (unpaired) electrons. The van der Waals surface area contributed by atoms with Crippen molar-refractivity contribution in [2.75, 3.05) is 5.32 Å². The fourth-order valence-electron chi connectivity index (χ4n) is 3.40. The summed E-state index contributed by atoms with van der Waals surface area (Å²) in [5.41, 5.74) is 2.83. The van der Waals surface area contributed by atoms with Crippen molar-refractivity contribution < 1.29 is 9.90 Å². The van der Waals surface area contributed by atoms with E-state index in [1.54, 1.807) is 30.6 Å². The second kappa shape index (κ2) is 7.09. The van der Waals surface area contributed by atoms with Crippen LogP contribution in [0, 0.1) is 0 Å². The molecule has 1 aliphatic rings. The first-order valence-corrected chi connectivity index (χ1v) is 9.65. The van der Waals surface area contributed by atoms with Crippen LogP contribution in [0.2, 0.25) is 0 Å². The van der Waals surface area contributed by atoms with Gasteiger partial charge < -0.3 is 10.4 Å². The van der Waals surface area contributed by atoms with E-state index in [9.17, 15) is 9.90 Å². The molecule has 5 rings (SSSR count). The number of nitrogens with one attached hydrogen (secondary N) is 1. The monoisotopic (exact) mass is 385 g/mol. The van der Waals surface area contributed by atoms with Crippen molar-refractivity contribution in [3.63, 3.8) is 0 Å². The molecule has 0 spiro atoms. The molecule has 7 heteroatoms. The largest absolute Gasteiger partial charge is 0.478 e. The number of carbonyl (C=O) groups is 1. The third-order valence-electron chi connectivity index (χ3n) is 5.13. The molecular weight excluding hydrogens is 366 g/mol. The van der Waals surface area contributed by atoms with Crippen molar-refractivity contribution in [3.8, 4) is 0 Å². The maximum Gasteiger partial charge on any atom is 0.335 e. The van der Waals surface area contributed by atoms with E-state index in [1.165, 1.54) is 5.56 Å². The van der Waals surface area contributed by atoms with Crippen molar-refractivity contribution in [1.82, 2.24) is 19.9 Å². The Morgan fingerprint density at radius 3 is 2.66 bits per heavy atom. The molecule has 0 unspecified atom stereocenters. The highest BCUT2D eigenvalue weighted by atomic mass is 16.4. The summed E-state index contributed by atoms with van der Waals surface area (Å²) in [6.45, 7) is 0. The predicted octanol–water partition coefficient (Wildman–Crippen LogP) is 3.63. The van der Waals surface area contributed by atoms with Crippen molar-refractivity contribution in [1.29, 1.82) is 0 Å². The number of aromatic carboxylic acids is 1. The molecule has 29 heavy (non-hydrogen) atoms. The first-order valence-electron chi connectivity index (χ1n) is 9.65. The first kappa shape index (κ1) is 17.5. The van der Waals surface area contributed by atoms with Gasteiger partial charge in [-0.3, -0.25) is 4.98 Å². The van der Waals surface area contributed by atoms with Crippen molar-refractivity contribution in [2.24, 2.45) is 0 Å². The minimum Gasteiger partial charge on any atom is -0.478 e. The number of aromatic nitrogens is 4. The zero-order chi connectivity index (χ0) is 19.8. The Labute approximate surface area is 166 Å². The van der Waals surface area contributed by atoms with Crippen LogP contribution in [0.3, 0.4) is 0 Å². The third kappa shape index (κ3) is 3.59. The van der Waals surface area contributed by atoms with Gasteiger partial charge in [-0.1, -0.05) is 6.07 Å². The second-order valence-electron chi connectivity index (χ2n) is 7.32. The minimum atomic E-state index is -0.965. The van der Waals surface area contributed by atoms with Crippen LogP contribution in [0.15, 0.2) is 48.9 Å². The van der Waals surface area contributed by atoms with Gasteiger partial charge in [-0.25, -0.2) is 19.7 Å². The van der Waals surface area contributed by atoms with E-state index < -0.39 is 5.97 Å². The number of hydrogen-bond donors (Lipinski definition) is 2. The standard InChI is InChI=1S/C22H19N5O2/c28-22(29)14-2-5-16-17-12-24-19(6-1-13-7-9-23-10-8-13)27-20(17)21(25-15-3-4-15)26-18(16)11-14/h2,5,7-12,15H,1,3-4,6H2,(H,25,26)(H,28,29). The number of nitrogens with zero attached hydrogens (tertiary/aromatic N) is 4. The highest BCUT2D eigenvalue weighted by molar-refractivity contribution is 6.09. The minimum absolute atomic E-state index is 0.219. The molecule has 1 aromatic carbocycles. The zero-order valence-corrected chi connectivity index (χ0v) is 15.7. The highest BCUT2D eigenvalue weighted by Crippen LogP contribution is 2.32. The summed E-state index contributed by atoms with van der Waals surface area (Å²) in [7, 11) is 0. The van der Waals surface area contributed by atoms with Gasteiger partial charge in [0.15, 0.2) is 5.82 Å². The first-order chi connectivity index (χ1) is 14.2. The number of rotatable bonds is 6. The van der Waals surface area contributed by atoms with Crippen LogP contribution >= 0.6 is 0 Å². The van der Waals surface area contributed by atoms with E-state index in [-0.39, 0.29) is 5.56 Å². The van der Waals surface area contributed by atoms with Crippen molar-refractivity contribution in [2.45, 2.75) is 31.7 Å². The van der Waals surface area contributed by atoms with Crippen LogP contribution in [0.4, 0.5) is 5.82 Å². The van der Waals surface area contributed by atoms with Crippen LogP contribution in [0.1, 0.15) is 34.6 Å². The summed E-state index contributed by atoms with van der Waals surface area (Å²) in [6.07, 6.45) is 9.17. The predicted molar refractivity (Wildman–Crippen MR) is 110 cm³/mol. The van der Waals surface area contributed by atoms with E-state index in [2.05, 4.69) is 15.3 Å². The Bertz CT molecular complexity index is 1220. The maximum atomic E-state index is 11.3. The summed E-state index contributed by atoms with van der Waals surface area (Å²) in [4.78, 5) is 29.5. The SMILES string of the molecule is O=C(O)c1ccc2c(c1)nc(NC1CC1)c1nc(CCc3ccncc3)ncc12. The number of benzene rings is 1. The van der Waals surface area contributed by atoms with Crippen LogP contribution in [-0.2, 0) is 12.8 Å². The zero-order valence-electron chi connectivity index (χ0n) is 15.7. The summed E-state index contributed by atoms with van der Waals surface area (Å²) < 4.78 is 0. The lowest BCUT2D eigenvalue weighted by Crippen LogP contribution is -2.07. The number of fused-ring (bicyclic) bond motifs is 3. The van der Waals surface area contributed by atoms with E-state index in [0.29, 0.717) is 17.4 Å². The second-order valence-corrected chi connectivity index (χ2v) is 7.32. The molecule has 0 aliphatic heterocycles. The fraction of sp³-hybridized carbons (Fsp3) is 0.227. The van der Waals surface area contributed by atoms with Gasteiger partial charge in [0.25, 0.3) is 0 Å².